The fourth-order valence-electron chi connectivity index (χ4n) is 0.962. The molecule has 0 amide bonds. The van der Waals surface area contributed by atoms with Gasteiger partial charge in [0.25, 0.3) is 0 Å². The smallest absolute Gasteiger partial charge is 0.128 e. The van der Waals surface area contributed by atoms with E-state index < -0.39 is 0 Å². The lowest BCUT2D eigenvalue weighted by Crippen LogP contribution is -2.07. The van der Waals surface area contributed by atoms with Gasteiger partial charge in [-0.25, -0.2) is 4.39 Å². The van der Waals surface area contributed by atoms with Gasteiger partial charge in [-0.05, 0) is 25.1 Å². The van der Waals surface area contributed by atoms with Crippen molar-refractivity contribution < 1.29 is 4.39 Å². The molecule has 4 heteroatoms. The van der Waals surface area contributed by atoms with E-state index in [2.05, 4.69) is 0 Å². The standard InChI is InChI=1S/C9H9FN2.ClH/c1-6(12)8-4-7(5-11)2-3-9(8)10;/h2-4,6H,12H2,1H3;1H/t6-;/m1./s1. The number of benzene rings is 1. The quantitative estimate of drug-likeness (QED) is 0.755. The molecule has 0 aliphatic carbocycles. The van der Waals surface area contributed by atoms with Crippen LogP contribution in [0.2, 0.25) is 0 Å². The molecule has 0 bridgehead atoms. The van der Waals surface area contributed by atoms with Crippen LogP contribution >= 0.6 is 12.4 Å². The van der Waals surface area contributed by atoms with Crippen LogP contribution in [0.5, 0.6) is 0 Å². The van der Waals surface area contributed by atoms with Gasteiger partial charge in [0.05, 0.1) is 11.6 Å². The third-order valence-corrected chi connectivity index (χ3v) is 1.62. The molecule has 13 heavy (non-hydrogen) atoms. The maximum atomic E-state index is 13.0. The summed E-state index contributed by atoms with van der Waals surface area (Å²) in [5.74, 6) is -0.357. The summed E-state index contributed by atoms with van der Waals surface area (Å²) in [5.41, 5.74) is 6.31. The summed E-state index contributed by atoms with van der Waals surface area (Å²) in [5, 5.41) is 8.52. The zero-order chi connectivity index (χ0) is 9.14. The molecule has 70 valence electrons. The summed E-state index contributed by atoms with van der Waals surface area (Å²) in [6.45, 7) is 1.68. The maximum Gasteiger partial charge on any atom is 0.128 e. The first-order valence-corrected chi connectivity index (χ1v) is 3.60. The predicted octanol–water partition coefficient (Wildman–Crippen LogP) is 2.14. The van der Waals surface area contributed by atoms with Crippen LogP contribution in [0.25, 0.3) is 0 Å². The van der Waals surface area contributed by atoms with Crippen LogP contribution in [0.4, 0.5) is 4.39 Å². The predicted molar refractivity (Wildman–Crippen MR) is 51.0 cm³/mol. The summed E-state index contributed by atoms with van der Waals surface area (Å²) in [6.07, 6.45) is 0. The van der Waals surface area contributed by atoms with Gasteiger partial charge in [-0.2, -0.15) is 5.26 Å². The number of hydrogen-bond acceptors (Lipinski definition) is 2. The van der Waals surface area contributed by atoms with Crippen molar-refractivity contribution in [1.29, 1.82) is 5.26 Å². The summed E-state index contributed by atoms with van der Waals surface area (Å²) in [7, 11) is 0. The van der Waals surface area contributed by atoms with E-state index in [-0.39, 0.29) is 24.3 Å². The highest BCUT2D eigenvalue weighted by molar-refractivity contribution is 5.85. The Morgan fingerprint density at radius 1 is 1.54 bits per heavy atom. The van der Waals surface area contributed by atoms with Crippen LogP contribution in [0.15, 0.2) is 18.2 Å². The summed E-state index contributed by atoms with van der Waals surface area (Å²) >= 11 is 0. The SMILES string of the molecule is C[C@@H](N)c1cc(C#N)ccc1F.Cl. The van der Waals surface area contributed by atoms with Gasteiger partial charge in [0.15, 0.2) is 0 Å². The molecule has 0 fully saturated rings. The van der Waals surface area contributed by atoms with E-state index in [9.17, 15) is 4.39 Å². The molecule has 0 unspecified atom stereocenters. The van der Waals surface area contributed by atoms with Gasteiger partial charge in [0.2, 0.25) is 0 Å². The van der Waals surface area contributed by atoms with Gasteiger partial charge in [-0.15, -0.1) is 12.4 Å². The maximum absolute atomic E-state index is 13.0. The van der Waals surface area contributed by atoms with Crippen molar-refractivity contribution in [2.75, 3.05) is 0 Å². The van der Waals surface area contributed by atoms with Gasteiger partial charge >= 0.3 is 0 Å². The first-order chi connectivity index (χ1) is 5.65. The molecule has 0 saturated carbocycles. The number of hydrogen-bond donors (Lipinski definition) is 1. The number of nitrogens with two attached hydrogens (primary N) is 1. The van der Waals surface area contributed by atoms with E-state index in [0.29, 0.717) is 11.1 Å². The van der Waals surface area contributed by atoms with Crippen molar-refractivity contribution in [3.05, 3.63) is 35.1 Å². The molecule has 0 heterocycles. The van der Waals surface area contributed by atoms with E-state index in [1.165, 1.54) is 18.2 Å². The Bertz CT molecular complexity index is 331. The minimum absolute atomic E-state index is 0. The molecule has 0 aromatic heterocycles. The number of nitriles is 1. The lowest BCUT2D eigenvalue weighted by molar-refractivity contribution is 0.593. The molecule has 1 aromatic rings. The minimum Gasteiger partial charge on any atom is -0.324 e. The Labute approximate surface area is 82.6 Å². The van der Waals surface area contributed by atoms with Crippen LogP contribution in [-0.2, 0) is 0 Å². The zero-order valence-electron chi connectivity index (χ0n) is 7.12. The average molecular weight is 201 g/mol. The molecule has 0 spiro atoms. The molecule has 1 rings (SSSR count). The fraction of sp³-hybridized carbons (Fsp3) is 0.222. The van der Waals surface area contributed by atoms with E-state index in [0.717, 1.165) is 0 Å². The first-order valence-electron chi connectivity index (χ1n) is 3.60. The van der Waals surface area contributed by atoms with Crippen molar-refractivity contribution in [1.82, 2.24) is 0 Å². The molecule has 2 nitrogen and oxygen atoms in total. The molecular formula is C9H10ClFN2. The van der Waals surface area contributed by atoms with Crippen LogP contribution in [0.1, 0.15) is 24.1 Å². The number of rotatable bonds is 1. The highest BCUT2D eigenvalue weighted by Gasteiger charge is 2.06. The second-order valence-electron chi connectivity index (χ2n) is 2.64. The summed E-state index contributed by atoms with van der Waals surface area (Å²) in [6, 6.07) is 5.72. The molecular weight excluding hydrogens is 191 g/mol. The first kappa shape index (κ1) is 11.9. The van der Waals surface area contributed by atoms with Gasteiger partial charge < -0.3 is 5.73 Å². The molecule has 0 aliphatic heterocycles. The molecule has 2 N–H and O–H groups in total. The van der Waals surface area contributed by atoms with Crippen molar-refractivity contribution >= 4 is 12.4 Å². The largest absolute Gasteiger partial charge is 0.324 e. The van der Waals surface area contributed by atoms with Crippen LogP contribution in [0.3, 0.4) is 0 Å². The minimum atomic E-state index is -0.377. The average Bonchev–Trinajstić information content (AvgIpc) is 2.05. The Morgan fingerprint density at radius 2 is 2.15 bits per heavy atom. The lowest BCUT2D eigenvalue weighted by Gasteiger charge is -2.06. The van der Waals surface area contributed by atoms with E-state index >= 15 is 0 Å². The van der Waals surface area contributed by atoms with Gasteiger partial charge in [-0.1, -0.05) is 0 Å². The fourth-order valence-corrected chi connectivity index (χ4v) is 0.962. The van der Waals surface area contributed by atoms with Gasteiger partial charge in [0.1, 0.15) is 5.82 Å². The summed E-state index contributed by atoms with van der Waals surface area (Å²) < 4.78 is 13.0. The van der Waals surface area contributed by atoms with Crippen molar-refractivity contribution in [2.24, 2.45) is 5.73 Å². The second-order valence-corrected chi connectivity index (χ2v) is 2.64. The van der Waals surface area contributed by atoms with E-state index in [1.54, 1.807) is 6.92 Å². The lowest BCUT2D eigenvalue weighted by atomic mass is 10.1. The Morgan fingerprint density at radius 3 is 2.62 bits per heavy atom. The second kappa shape index (κ2) is 4.80. The van der Waals surface area contributed by atoms with Crippen LogP contribution in [0, 0.1) is 17.1 Å². The highest BCUT2D eigenvalue weighted by Crippen LogP contribution is 2.15. The van der Waals surface area contributed by atoms with Crippen LogP contribution in [-0.4, -0.2) is 0 Å². The number of nitrogens with zero attached hydrogens (tertiary/aromatic N) is 1. The summed E-state index contributed by atoms with van der Waals surface area (Å²) in [4.78, 5) is 0. The Kier molecular flexibility index (Phi) is 4.39. The van der Waals surface area contributed by atoms with Crippen LogP contribution < -0.4 is 5.73 Å². The Balaban J connectivity index is 0.00000144. The van der Waals surface area contributed by atoms with Gasteiger partial charge in [0, 0.05) is 11.6 Å². The Hall–Kier alpha value is -1.11. The number of halogens is 2. The normalized spacial score (nSPS) is 11.2. The molecule has 0 aliphatic rings. The molecule has 0 radical (unpaired) electrons. The topological polar surface area (TPSA) is 49.8 Å². The molecule has 1 aromatic carbocycles. The molecule has 0 saturated heterocycles. The van der Waals surface area contributed by atoms with Crippen molar-refractivity contribution in [2.45, 2.75) is 13.0 Å². The van der Waals surface area contributed by atoms with Gasteiger partial charge in [-0.3, -0.25) is 0 Å². The zero-order valence-corrected chi connectivity index (χ0v) is 7.94. The van der Waals surface area contributed by atoms with Crippen molar-refractivity contribution in [3.63, 3.8) is 0 Å². The van der Waals surface area contributed by atoms with Crippen molar-refractivity contribution in [3.8, 4) is 6.07 Å². The third kappa shape index (κ3) is 2.69. The monoisotopic (exact) mass is 200 g/mol. The van der Waals surface area contributed by atoms with E-state index in [4.69, 9.17) is 11.0 Å². The molecule has 1 atom stereocenters. The third-order valence-electron chi connectivity index (χ3n) is 1.62. The highest BCUT2D eigenvalue weighted by atomic mass is 35.5. The van der Waals surface area contributed by atoms with E-state index in [1.807, 2.05) is 6.07 Å².